The maximum Gasteiger partial charge on any atom is 0.306 e. The lowest BCUT2D eigenvalue weighted by molar-refractivity contribution is -0.147. The van der Waals surface area contributed by atoms with Crippen LogP contribution in [-0.4, -0.2) is 29.2 Å². The zero-order valence-corrected chi connectivity index (χ0v) is 16.5. The monoisotopic (exact) mass is 411 g/mol. The van der Waals surface area contributed by atoms with E-state index in [9.17, 15) is 9.59 Å². The maximum absolute atomic E-state index is 12.1. The molecule has 0 fully saturated rings. The third kappa shape index (κ3) is 5.55. The van der Waals surface area contributed by atoms with Crippen molar-refractivity contribution in [3.63, 3.8) is 0 Å². The van der Waals surface area contributed by atoms with E-state index in [-0.39, 0.29) is 18.8 Å². The summed E-state index contributed by atoms with van der Waals surface area (Å²) in [7, 11) is 0. The number of nitriles is 1. The Balaban J connectivity index is 1.45. The van der Waals surface area contributed by atoms with E-state index in [1.807, 2.05) is 42.5 Å². The molecule has 1 N–H and O–H groups in total. The molecular weight excluding hydrogens is 394 g/mol. The smallest absolute Gasteiger partial charge is 0.306 e. The maximum atomic E-state index is 12.1. The first kappa shape index (κ1) is 19.9. The number of fused-ring (bicyclic) bond motifs is 1. The number of aryl methyl sites for hydroxylation is 1. The average Bonchev–Trinajstić information content (AvgIpc) is 3.13. The van der Waals surface area contributed by atoms with Gasteiger partial charge in [-0.1, -0.05) is 24.3 Å². The predicted octanol–water partition coefficient (Wildman–Crippen LogP) is 4.03. The number of nitrogens with zero attached hydrogens (tertiary/aromatic N) is 2. The number of esters is 1. The van der Waals surface area contributed by atoms with Crippen molar-refractivity contribution in [3.8, 4) is 6.07 Å². The molecule has 0 unspecified atom stereocenters. The minimum Gasteiger partial charge on any atom is -0.456 e. The van der Waals surface area contributed by atoms with Crippen LogP contribution < -0.4 is 5.32 Å². The summed E-state index contributed by atoms with van der Waals surface area (Å²) in [6, 6.07) is 17.0. The third-order valence-corrected chi connectivity index (χ3v) is 5.74. The van der Waals surface area contributed by atoms with Crippen molar-refractivity contribution >= 4 is 50.9 Å². The van der Waals surface area contributed by atoms with Crippen molar-refractivity contribution in [2.24, 2.45) is 0 Å². The lowest BCUT2D eigenvalue weighted by atomic mass is 10.3. The number of amides is 1. The lowest BCUT2D eigenvalue weighted by Crippen LogP contribution is -2.21. The number of hydrogen-bond acceptors (Lipinski definition) is 7. The van der Waals surface area contributed by atoms with Crippen molar-refractivity contribution < 1.29 is 14.3 Å². The highest BCUT2D eigenvalue weighted by Crippen LogP contribution is 2.26. The van der Waals surface area contributed by atoms with Gasteiger partial charge in [0.1, 0.15) is 0 Å². The number of anilines is 1. The van der Waals surface area contributed by atoms with Crippen LogP contribution in [0.3, 0.4) is 0 Å². The molecule has 8 heteroatoms. The predicted molar refractivity (Wildman–Crippen MR) is 110 cm³/mol. The number of carbonyl (C=O) groups is 2. The second-order valence-corrected chi connectivity index (χ2v) is 7.86. The van der Waals surface area contributed by atoms with Gasteiger partial charge in [-0.15, -0.1) is 23.1 Å². The average molecular weight is 412 g/mol. The molecule has 28 heavy (non-hydrogen) atoms. The molecule has 1 aromatic heterocycles. The van der Waals surface area contributed by atoms with Gasteiger partial charge < -0.3 is 10.1 Å². The molecule has 3 aromatic rings. The molecule has 0 bridgehead atoms. The van der Waals surface area contributed by atoms with Crippen molar-refractivity contribution in [1.82, 2.24) is 4.98 Å². The summed E-state index contributed by atoms with van der Waals surface area (Å²) in [4.78, 5) is 29.3. The Bertz CT molecular complexity index is 994. The number of rotatable bonds is 8. The first-order valence-corrected chi connectivity index (χ1v) is 10.3. The van der Waals surface area contributed by atoms with Gasteiger partial charge in [0.05, 0.1) is 39.2 Å². The molecule has 1 heterocycles. The van der Waals surface area contributed by atoms with E-state index in [2.05, 4.69) is 10.3 Å². The highest BCUT2D eigenvalue weighted by Gasteiger charge is 2.12. The van der Waals surface area contributed by atoms with Crippen LogP contribution >= 0.6 is 23.1 Å². The van der Waals surface area contributed by atoms with E-state index < -0.39 is 11.9 Å². The van der Waals surface area contributed by atoms with Crippen molar-refractivity contribution in [2.45, 2.75) is 17.7 Å². The van der Waals surface area contributed by atoms with Gasteiger partial charge in [-0.2, -0.15) is 5.26 Å². The van der Waals surface area contributed by atoms with Gasteiger partial charge in [-0.25, -0.2) is 4.98 Å². The van der Waals surface area contributed by atoms with Gasteiger partial charge in [0.2, 0.25) is 0 Å². The van der Waals surface area contributed by atoms with E-state index in [4.69, 9.17) is 10.00 Å². The van der Waals surface area contributed by atoms with Gasteiger partial charge in [0.15, 0.2) is 6.61 Å². The van der Waals surface area contributed by atoms with E-state index in [0.717, 1.165) is 20.1 Å². The summed E-state index contributed by atoms with van der Waals surface area (Å²) in [6.07, 6.45) is 0.648. The number of aromatic nitrogens is 1. The number of thioether (sulfide) groups is 1. The second kappa shape index (κ2) is 9.88. The molecule has 0 saturated heterocycles. The summed E-state index contributed by atoms with van der Waals surface area (Å²) >= 11 is 2.88. The topological polar surface area (TPSA) is 92.1 Å². The number of benzene rings is 2. The quantitative estimate of drug-likeness (QED) is 0.444. The summed E-state index contributed by atoms with van der Waals surface area (Å²) in [5.74, 6) is -0.576. The number of nitrogens with one attached hydrogen (secondary N) is 1. The fourth-order valence-corrected chi connectivity index (χ4v) is 4.08. The highest BCUT2D eigenvalue weighted by atomic mass is 32.2. The Morgan fingerprint density at radius 2 is 1.96 bits per heavy atom. The van der Waals surface area contributed by atoms with Crippen molar-refractivity contribution in [3.05, 3.63) is 53.5 Å². The summed E-state index contributed by atoms with van der Waals surface area (Å²) in [5, 5.41) is 12.3. The number of thiazole rings is 1. The van der Waals surface area contributed by atoms with Crippen molar-refractivity contribution in [1.29, 1.82) is 5.26 Å². The van der Waals surface area contributed by atoms with E-state index in [1.54, 1.807) is 23.5 Å². The van der Waals surface area contributed by atoms with Crippen LogP contribution in [0.2, 0.25) is 0 Å². The molecule has 6 nitrogen and oxygen atoms in total. The van der Waals surface area contributed by atoms with Crippen LogP contribution in [0.15, 0.2) is 53.4 Å². The van der Waals surface area contributed by atoms with Crippen LogP contribution in [0.4, 0.5) is 5.69 Å². The van der Waals surface area contributed by atoms with Crippen LogP contribution in [0.5, 0.6) is 0 Å². The number of carbonyl (C=O) groups excluding carboxylic acids is 2. The first-order chi connectivity index (χ1) is 13.7. The van der Waals surface area contributed by atoms with Gasteiger partial charge in [-0.05, 0) is 24.3 Å². The first-order valence-electron chi connectivity index (χ1n) is 8.54. The van der Waals surface area contributed by atoms with Crippen LogP contribution in [-0.2, 0) is 20.7 Å². The van der Waals surface area contributed by atoms with Gasteiger partial charge in [-0.3, -0.25) is 9.59 Å². The largest absolute Gasteiger partial charge is 0.456 e. The van der Waals surface area contributed by atoms with E-state index in [0.29, 0.717) is 12.1 Å². The second-order valence-electron chi connectivity index (χ2n) is 5.73. The Morgan fingerprint density at radius 3 is 2.79 bits per heavy atom. The molecule has 2 aromatic carbocycles. The summed E-state index contributed by atoms with van der Waals surface area (Å²) in [5.41, 5.74) is 1.52. The molecule has 142 valence electrons. The number of hydrogen-bond donors (Lipinski definition) is 1. The van der Waals surface area contributed by atoms with Crippen LogP contribution in [0.1, 0.15) is 11.4 Å². The zero-order chi connectivity index (χ0) is 19.8. The highest BCUT2D eigenvalue weighted by molar-refractivity contribution is 7.99. The Labute approximate surface area is 170 Å². The zero-order valence-electron chi connectivity index (χ0n) is 14.9. The van der Waals surface area contributed by atoms with Gasteiger partial charge in [0, 0.05) is 11.3 Å². The molecule has 0 spiro atoms. The lowest BCUT2D eigenvalue weighted by Gasteiger charge is -2.10. The van der Waals surface area contributed by atoms with E-state index in [1.165, 1.54) is 11.8 Å². The fourth-order valence-electron chi connectivity index (χ4n) is 2.45. The third-order valence-electron chi connectivity index (χ3n) is 3.70. The fraction of sp³-hybridized carbons (Fsp3) is 0.200. The minimum atomic E-state index is -0.443. The molecule has 0 aliphatic carbocycles. The molecule has 0 aliphatic rings. The molecule has 0 aliphatic heterocycles. The van der Waals surface area contributed by atoms with Crippen molar-refractivity contribution in [2.75, 3.05) is 17.7 Å². The molecule has 1 amide bonds. The molecule has 0 saturated carbocycles. The summed E-state index contributed by atoms with van der Waals surface area (Å²) < 4.78 is 6.14. The molecule has 3 rings (SSSR count). The Morgan fingerprint density at radius 1 is 1.18 bits per heavy atom. The Kier molecular flexibility index (Phi) is 7.00. The molecule has 0 radical (unpaired) electrons. The van der Waals surface area contributed by atoms with Gasteiger partial charge in [0.25, 0.3) is 5.91 Å². The Hall–Kier alpha value is -2.89. The van der Waals surface area contributed by atoms with Gasteiger partial charge >= 0.3 is 5.97 Å². The number of ether oxygens (including phenoxy) is 1. The standard InChI is InChI=1S/C20H17N3O3S2/c21-11-12-27-16-7-3-1-5-14(16)22-18(24)13-26-20(25)10-9-19-23-15-6-2-4-8-17(15)28-19/h1-8H,9-10,12-13H2,(H,22,24). The normalized spacial score (nSPS) is 10.4. The van der Waals surface area contributed by atoms with Crippen LogP contribution in [0.25, 0.3) is 10.2 Å². The number of para-hydroxylation sites is 2. The molecule has 0 atom stereocenters. The van der Waals surface area contributed by atoms with E-state index >= 15 is 0 Å². The summed E-state index contributed by atoms with van der Waals surface area (Å²) in [6.45, 7) is -0.351. The molecular formula is C20H17N3O3S2. The SMILES string of the molecule is N#CCSc1ccccc1NC(=O)COC(=O)CCc1nc2ccccc2s1. The minimum absolute atomic E-state index is 0.168. The van der Waals surface area contributed by atoms with Crippen LogP contribution in [0, 0.1) is 11.3 Å².